The number of rotatable bonds is 1. The highest BCUT2D eigenvalue weighted by Gasteiger charge is 2.16. The average molecular weight is 367 g/mol. The maximum Gasteiger partial charge on any atom is 0.300 e. The molecule has 1 aliphatic rings. The first-order valence-electron chi connectivity index (χ1n) is 5.22. The van der Waals surface area contributed by atoms with Gasteiger partial charge in [0.25, 0.3) is 6.01 Å². The van der Waals surface area contributed by atoms with Gasteiger partial charge in [0.1, 0.15) is 3.70 Å². The quantitative estimate of drug-likeness (QED) is 0.614. The summed E-state index contributed by atoms with van der Waals surface area (Å²) >= 11 is 2.18. The van der Waals surface area contributed by atoms with Gasteiger partial charge in [-0.05, 0) is 34.7 Å². The molecule has 0 saturated carbocycles. The number of piperazine rings is 1. The van der Waals surface area contributed by atoms with E-state index in [9.17, 15) is 0 Å². The average Bonchev–Trinajstić information content (AvgIpc) is 2.73. The van der Waals surface area contributed by atoms with Crippen LogP contribution in [0.3, 0.4) is 0 Å². The lowest BCUT2D eigenvalue weighted by Crippen LogP contribution is -2.43. The fourth-order valence-corrected chi connectivity index (χ4v) is 2.18. The molecule has 0 aliphatic carbocycles. The van der Waals surface area contributed by atoms with Gasteiger partial charge in [-0.2, -0.15) is 4.98 Å². The fraction of sp³-hybridized carbons (Fsp3) is 0.400. The molecule has 1 saturated heterocycles. The number of hydrogen-bond donors (Lipinski definition) is 1. The molecular formula is C10H12ClIN4O. The highest BCUT2D eigenvalue weighted by molar-refractivity contribution is 14.1. The summed E-state index contributed by atoms with van der Waals surface area (Å²) in [5.74, 6) is 0. The molecule has 1 aliphatic heterocycles. The number of aromatic nitrogens is 2. The van der Waals surface area contributed by atoms with Crippen LogP contribution in [0.1, 0.15) is 0 Å². The van der Waals surface area contributed by atoms with Crippen molar-refractivity contribution in [3.8, 4) is 0 Å². The second kappa shape index (κ2) is 5.36. The Morgan fingerprint density at radius 3 is 2.76 bits per heavy atom. The van der Waals surface area contributed by atoms with Gasteiger partial charge >= 0.3 is 0 Å². The Kier molecular flexibility index (Phi) is 4.05. The lowest BCUT2D eigenvalue weighted by Gasteiger charge is -2.25. The molecule has 0 bridgehead atoms. The summed E-state index contributed by atoms with van der Waals surface area (Å²) in [6.07, 6.45) is 0. The fourth-order valence-electron chi connectivity index (χ4n) is 1.78. The predicted octanol–water partition coefficient (Wildman–Crippen LogP) is 1.66. The van der Waals surface area contributed by atoms with Crippen molar-refractivity contribution in [2.24, 2.45) is 0 Å². The van der Waals surface area contributed by atoms with Gasteiger partial charge in [-0.25, -0.2) is 4.98 Å². The third-order valence-electron chi connectivity index (χ3n) is 2.60. The summed E-state index contributed by atoms with van der Waals surface area (Å²) in [4.78, 5) is 10.9. The molecule has 0 aromatic carbocycles. The molecule has 1 N–H and O–H groups in total. The van der Waals surface area contributed by atoms with Gasteiger partial charge in [0, 0.05) is 26.2 Å². The van der Waals surface area contributed by atoms with E-state index in [0.717, 1.165) is 35.5 Å². The van der Waals surface area contributed by atoms with E-state index in [4.69, 9.17) is 4.42 Å². The number of hydrogen-bond acceptors (Lipinski definition) is 5. The first kappa shape index (κ1) is 12.8. The summed E-state index contributed by atoms with van der Waals surface area (Å²) < 4.78 is 6.62. The van der Waals surface area contributed by atoms with Crippen LogP contribution in [0.25, 0.3) is 11.2 Å². The van der Waals surface area contributed by atoms with Crippen LogP contribution in [0.15, 0.2) is 16.5 Å². The number of halogens is 2. The minimum Gasteiger partial charge on any atom is -0.422 e. The Labute approximate surface area is 119 Å². The monoisotopic (exact) mass is 366 g/mol. The molecule has 1 fully saturated rings. The molecule has 3 heterocycles. The van der Waals surface area contributed by atoms with Crippen LogP contribution in [0.5, 0.6) is 0 Å². The van der Waals surface area contributed by atoms with Gasteiger partial charge < -0.3 is 14.6 Å². The van der Waals surface area contributed by atoms with Crippen LogP contribution < -0.4 is 10.2 Å². The maximum atomic E-state index is 5.68. The molecule has 0 unspecified atom stereocenters. The molecule has 0 atom stereocenters. The standard InChI is InChI=1S/C10H11IN4O.ClH/c11-8-2-1-7-9(13-8)14-10(16-7)15-5-3-12-4-6-15;/h1-2,12H,3-6H2;1H. The Balaban J connectivity index is 0.00000108. The zero-order valence-corrected chi connectivity index (χ0v) is 12.0. The zero-order valence-electron chi connectivity index (χ0n) is 9.02. The van der Waals surface area contributed by atoms with E-state index in [1.165, 1.54) is 0 Å². The second-order valence-corrected chi connectivity index (χ2v) is 4.79. The van der Waals surface area contributed by atoms with Gasteiger partial charge in [0.15, 0.2) is 5.58 Å². The molecule has 0 amide bonds. The van der Waals surface area contributed by atoms with Crippen LogP contribution in [-0.2, 0) is 0 Å². The molecule has 7 heteroatoms. The maximum absolute atomic E-state index is 5.68. The summed E-state index contributed by atoms with van der Waals surface area (Å²) in [5, 5.41) is 3.30. The van der Waals surface area contributed by atoms with E-state index in [1.54, 1.807) is 0 Å². The Bertz CT molecular complexity index is 512. The normalized spacial score (nSPS) is 15.9. The number of oxazole rings is 1. The van der Waals surface area contributed by atoms with E-state index in [-0.39, 0.29) is 12.4 Å². The van der Waals surface area contributed by atoms with Crippen molar-refractivity contribution in [3.63, 3.8) is 0 Å². The lowest BCUT2D eigenvalue weighted by atomic mass is 10.4. The van der Waals surface area contributed by atoms with Gasteiger partial charge in [0.2, 0.25) is 5.65 Å². The van der Waals surface area contributed by atoms with Crippen molar-refractivity contribution in [1.82, 2.24) is 15.3 Å². The highest BCUT2D eigenvalue weighted by Crippen LogP contribution is 2.21. The molecule has 2 aromatic heterocycles. The van der Waals surface area contributed by atoms with Crippen molar-refractivity contribution in [2.45, 2.75) is 0 Å². The summed E-state index contributed by atoms with van der Waals surface area (Å²) in [6.45, 7) is 3.82. The van der Waals surface area contributed by atoms with E-state index >= 15 is 0 Å². The zero-order chi connectivity index (χ0) is 11.0. The summed E-state index contributed by atoms with van der Waals surface area (Å²) in [6, 6.07) is 4.53. The number of anilines is 1. The Morgan fingerprint density at radius 1 is 1.24 bits per heavy atom. The van der Waals surface area contributed by atoms with Crippen LogP contribution in [0, 0.1) is 3.70 Å². The van der Waals surface area contributed by atoms with Gasteiger partial charge in [-0.3, -0.25) is 0 Å². The third-order valence-corrected chi connectivity index (χ3v) is 3.20. The minimum absolute atomic E-state index is 0. The molecule has 17 heavy (non-hydrogen) atoms. The first-order chi connectivity index (χ1) is 7.83. The number of nitrogens with one attached hydrogen (secondary N) is 1. The van der Waals surface area contributed by atoms with E-state index < -0.39 is 0 Å². The van der Waals surface area contributed by atoms with Crippen molar-refractivity contribution < 1.29 is 4.42 Å². The topological polar surface area (TPSA) is 54.2 Å². The number of pyridine rings is 1. The van der Waals surface area contributed by atoms with Crippen molar-refractivity contribution >= 4 is 52.2 Å². The lowest BCUT2D eigenvalue weighted by molar-refractivity contribution is 0.517. The van der Waals surface area contributed by atoms with Crippen molar-refractivity contribution in [3.05, 3.63) is 15.8 Å². The highest BCUT2D eigenvalue weighted by atomic mass is 127. The van der Waals surface area contributed by atoms with Gasteiger partial charge in [-0.15, -0.1) is 12.4 Å². The first-order valence-corrected chi connectivity index (χ1v) is 6.29. The van der Waals surface area contributed by atoms with Gasteiger partial charge in [-0.1, -0.05) is 0 Å². The summed E-state index contributed by atoms with van der Waals surface area (Å²) in [7, 11) is 0. The Hall–Kier alpha value is -0.600. The third kappa shape index (κ3) is 2.63. The number of nitrogens with zero attached hydrogens (tertiary/aromatic N) is 3. The predicted molar refractivity (Wildman–Crippen MR) is 76.9 cm³/mol. The van der Waals surface area contributed by atoms with Crippen molar-refractivity contribution in [1.29, 1.82) is 0 Å². The number of fused-ring (bicyclic) bond motifs is 1. The summed E-state index contributed by atoms with van der Waals surface area (Å²) in [5.41, 5.74) is 1.45. The molecule has 0 spiro atoms. The molecular weight excluding hydrogens is 354 g/mol. The van der Waals surface area contributed by atoms with Gasteiger partial charge in [0.05, 0.1) is 0 Å². The molecule has 2 aromatic rings. The second-order valence-electron chi connectivity index (χ2n) is 3.69. The van der Waals surface area contributed by atoms with Crippen LogP contribution in [0.2, 0.25) is 0 Å². The van der Waals surface area contributed by atoms with E-state index in [1.807, 2.05) is 12.1 Å². The Morgan fingerprint density at radius 2 is 2.00 bits per heavy atom. The molecule has 5 nitrogen and oxygen atoms in total. The molecule has 3 rings (SSSR count). The largest absolute Gasteiger partial charge is 0.422 e. The van der Waals surface area contributed by atoms with Crippen molar-refractivity contribution in [2.75, 3.05) is 31.1 Å². The minimum atomic E-state index is 0. The van der Waals surface area contributed by atoms with E-state index in [2.05, 4.69) is 42.8 Å². The van der Waals surface area contributed by atoms with Crippen LogP contribution >= 0.6 is 35.0 Å². The smallest absolute Gasteiger partial charge is 0.300 e. The SMILES string of the molecule is Cl.Ic1ccc2oc(N3CCNCC3)nc2n1. The van der Waals surface area contributed by atoms with E-state index in [0.29, 0.717) is 11.7 Å². The molecule has 0 radical (unpaired) electrons. The van der Waals surface area contributed by atoms with Crippen LogP contribution in [0.4, 0.5) is 6.01 Å². The molecule has 92 valence electrons. The van der Waals surface area contributed by atoms with Crippen LogP contribution in [-0.4, -0.2) is 36.1 Å².